The fourth-order valence-electron chi connectivity index (χ4n) is 2.57. The van der Waals surface area contributed by atoms with Gasteiger partial charge in [-0.1, -0.05) is 35.3 Å². The third-order valence-electron chi connectivity index (χ3n) is 3.48. The molecule has 0 aromatic heterocycles. The van der Waals surface area contributed by atoms with E-state index in [2.05, 4.69) is 33.1 Å². The summed E-state index contributed by atoms with van der Waals surface area (Å²) in [4.78, 5) is 2.50. The van der Waals surface area contributed by atoms with Crippen LogP contribution in [0.25, 0.3) is 0 Å². The van der Waals surface area contributed by atoms with Gasteiger partial charge in [-0.05, 0) is 24.1 Å². The van der Waals surface area contributed by atoms with Crippen molar-refractivity contribution in [3.8, 4) is 0 Å². The van der Waals surface area contributed by atoms with Crippen molar-refractivity contribution < 1.29 is 4.39 Å². The molecule has 0 aliphatic carbocycles. The molecular weight excluding hydrogens is 366 g/mol. The summed E-state index contributed by atoms with van der Waals surface area (Å²) in [6, 6.07) is 5.44. The molecule has 2 rings (SSSR count). The van der Waals surface area contributed by atoms with Crippen molar-refractivity contribution in [2.75, 3.05) is 26.2 Å². The maximum absolute atomic E-state index is 13.2. The summed E-state index contributed by atoms with van der Waals surface area (Å²) in [5.41, 5.74) is 1.21. The first-order valence-electron chi connectivity index (χ1n) is 6.62. The monoisotopic (exact) mass is 386 g/mol. The van der Waals surface area contributed by atoms with Crippen LogP contribution >= 0.6 is 40.7 Å². The molecule has 116 valence electrons. The highest BCUT2D eigenvalue weighted by Crippen LogP contribution is 2.32. The van der Waals surface area contributed by atoms with E-state index in [4.69, 9.17) is 0 Å². The molecule has 0 bridgehead atoms. The predicted molar refractivity (Wildman–Crippen MR) is 90.7 cm³/mol. The molecule has 1 saturated heterocycles. The number of piperazine rings is 1. The molecule has 6 heteroatoms. The number of hydrogen-bond donors (Lipinski definition) is 1. The Balaban J connectivity index is 0.00000180. The second-order valence-corrected chi connectivity index (χ2v) is 5.61. The lowest BCUT2D eigenvalue weighted by Crippen LogP contribution is -2.45. The van der Waals surface area contributed by atoms with Crippen LogP contribution in [0.15, 0.2) is 22.7 Å². The molecular formula is C14H22BrCl2FN2. The molecule has 1 aliphatic heterocycles. The van der Waals surface area contributed by atoms with Gasteiger partial charge in [-0.15, -0.1) is 24.8 Å². The molecule has 1 aromatic carbocycles. The quantitative estimate of drug-likeness (QED) is 0.833. The molecule has 1 aliphatic rings. The van der Waals surface area contributed by atoms with Gasteiger partial charge in [0.25, 0.3) is 0 Å². The van der Waals surface area contributed by atoms with Gasteiger partial charge in [0.05, 0.1) is 0 Å². The van der Waals surface area contributed by atoms with Gasteiger partial charge in [-0.2, -0.15) is 0 Å². The molecule has 1 fully saturated rings. The molecule has 1 aromatic rings. The Kier molecular flexibility index (Phi) is 10.0. The molecule has 0 spiro atoms. The molecule has 0 radical (unpaired) electrons. The van der Waals surface area contributed by atoms with Crippen LogP contribution in [0.5, 0.6) is 0 Å². The second kappa shape index (κ2) is 9.96. The average molecular weight is 388 g/mol. The van der Waals surface area contributed by atoms with Crippen molar-refractivity contribution in [2.24, 2.45) is 0 Å². The Morgan fingerprint density at radius 3 is 2.50 bits per heavy atom. The number of benzene rings is 1. The fraction of sp³-hybridized carbons (Fsp3) is 0.571. The van der Waals surface area contributed by atoms with Gasteiger partial charge in [0.2, 0.25) is 0 Å². The van der Waals surface area contributed by atoms with Crippen LogP contribution in [0, 0.1) is 5.82 Å². The van der Waals surface area contributed by atoms with Crippen LogP contribution in [0.1, 0.15) is 31.4 Å². The third-order valence-corrected chi connectivity index (χ3v) is 4.16. The van der Waals surface area contributed by atoms with Crippen LogP contribution in [0.2, 0.25) is 0 Å². The lowest BCUT2D eigenvalue weighted by molar-refractivity contribution is 0.164. The summed E-state index contributed by atoms with van der Waals surface area (Å²) < 4.78 is 14.1. The third kappa shape index (κ3) is 5.15. The van der Waals surface area contributed by atoms with E-state index in [9.17, 15) is 4.39 Å². The molecule has 0 amide bonds. The van der Waals surface area contributed by atoms with Gasteiger partial charge in [-0.25, -0.2) is 4.39 Å². The zero-order chi connectivity index (χ0) is 13.0. The highest BCUT2D eigenvalue weighted by molar-refractivity contribution is 9.10. The Morgan fingerprint density at radius 2 is 1.95 bits per heavy atom. The van der Waals surface area contributed by atoms with Crippen molar-refractivity contribution in [1.82, 2.24) is 10.2 Å². The van der Waals surface area contributed by atoms with Gasteiger partial charge >= 0.3 is 0 Å². The van der Waals surface area contributed by atoms with E-state index in [0.29, 0.717) is 6.04 Å². The minimum atomic E-state index is -0.179. The highest BCUT2D eigenvalue weighted by Gasteiger charge is 2.23. The zero-order valence-corrected chi connectivity index (χ0v) is 14.8. The molecule has 1 heterocycles. The summed E-state index contributed by atoms with van der Waals surface area (Å²) in [5, 5.41) is 3.37. The van der Waals surface area contributed by atoms with E-state index in [0.717, 1.165) is 43.5 Å². The average Bonchev–Trinajstić information content (AvgIpc) is 2.38. The lowest BCUT2D eigenvalue weighted by Gasteiger charge is -2.35. The Hall–Kier alpha value is 0.130. The van der Waals surface area contributed by atoms with Gasteiger partial charge in [-0.3, -0.25) is 4.90 Å². The largest absolute Gasteiger partial charge is 0.314 e. The number of halogens is 4. The van der Waals surface area contributed by atoms with Crippen molar-refractivity contribution in [2.45, 2.75) is 25.8 Å². The van der Waals surface area contributed by atoms with Crippen LogP contribution in [-0.2, 0) is 0 Å². The van der Waals surface area contributed by atoms with Crippen LogP contribution < -0.4 is 5.32 Å². The fourth-order valence-corrected chi connectivity index (χ4v) is 3.19. The summed E-state index contributed by atoms with van der Waals surface area (Å²) in [7, 11) is 0. The topological polar surface area (TPSA) is 15.3 Å². The lowest BCUT2D eigenvalue weighted by atomic mass is 10.00. The first-order chi connectivity index (χ1) is 8.72. The Labute approximate surface area is 141 Å². The van der Waals surface area contributed by atoms with Crippen LogP contribution in [-0.4, -0.2) is 31.1 Å². The van der Waals surface area contributed by atoms with Gasteiger partial charge < -0.3 is 5.32 Å². The van der Waals surface area contributed by atoms with E-state index >= 15 is 0 Å². The van der Waals surface area contributed by atoms with Crippen molar-refractivity contribution >= 4 is 40.7 Å². The van der Waals surface area contributed by atoms with Crippen molar-refractivity contribution in [3.05, 3.63) is 34.1 Å². The van der Waals surface area contributed by atoms with E-state index in [-0.39, 0.29) is 30.6 Å². The Morgan fingerprint density at radius 1 is 1.30 bits per heavy atom. The minimum absolute atomic E-state index is 0. The van der Waals surface area contributed by atoms with Gasteiger partial charge in [0.15, 0.2) is 0 Å². The first kappa shape index (κ1) is 20.1. The van der Waals surface area contributed by atoms with E-state index in [1.165, 1.54) is 5.56 Å². The summed E-state index contributed by atoms with van der Waals surface area (Å²) in [6.07, 6.45) is 2.25. The summed E-state index contributed by atoms with van der Waals surface area (Å²) in [6.45, 7) is 6.41. The summed E-state index contributed by atoms with van der Waals surface area (Å²) in [5.74, 6) is -0.179. The minimum Gasteiger partial charge on any atom is -0.314 e. The normalized spacial score (nSPS) is 16.9. The summed E-state index contributed by atoms with van der Waals surface area (Å²) >= 11 is 3.50. The molecule has 1 atom stereocenters. The highest BCUT2D eigenvalue weighted by atomic mass is 79.9. The van der Waals surface area contributed by atoms with Gasteiger partial charge in [0, 0.05) is 36.7 Å². The van der Waals surface area contributed by atoms with Crippen LogP contribution in [0.3, 0.4) is 0 Å². The maximum atomic E-state index is 13.2. The molecule has 20 heavy (non-hydrogen) atoms. The van der Waals surface area contributed by atoms with Crippen molar-refractivity contribution in [3.63, 3.8) is 0 Å². The smallest absolute Gasteiger partial charge is 0.124 e. The molecule has 1 N–H and O–H groups in total. The predicted octanol–water partition coefficient (Wildman–Crippen LogP) is 4.18. The first-order valence-corrected chi connectivity index (χ1v) is 7.41. The molecule has 0 unspecified atom stereocenters. The maximum Gasteiger partial charge on any atom is 0.124 e. The number of nitrogens with zero attached hydrogens (tertiary/aromatic N) is 1. The van der Waals surface area contributed by atoms with E-state index in [1.54, 1.807) is 12.1 Å². The number of rotatable bonds is 4. The van der Waals surface area contributed by atoms with Gasteiger partial charge in [0.1, 0.15) is 5.82 Å². The van der Waals surface area contributed by atoms with E-state index in [1.807, 2.05) is 6.07 Å². The Bertz CT molecular complexity index is 401. The second-order valence-electron chi connectivity index (χ2n) is 4.76. The van der Waals surface area contributed by atoms with Crippen LogP contribution in [0.4, 0.5) is 4.39 Å². The molecule has 0 saturated carbocycles. The van der Waals surface area contributed by atoms with Crippen molar-refractivity contribution in [1.29, 1.82) is 0 Å². The molecule has 2 nitrogen and oxygen atoms in total. The van der Waals surface area contributed by atoms with E-state index < -0.39 is 0 Å². The SMILES string of the molecule is CCC[C@H](c1ccc(F)cc1Br)N1CCNCC1.Cl.Cl. The zero-order valence-electron chi connectivity index (χ0n) is 11.6. The standard InChI is InChI=1S/C14H20BrFN2.2ClH/c1-2-3-14(18-8-6-17-7-9-18)12-5-4-11(16)10-13(12)15;;/h4-5,10,14,17H,2-3,6-9H2,1H3;2*1H/t14-;;/m1../s1. The number of hydrogen-bond acceptors (Lipinski definition) is 2. The number of nitrogens with one attached hydrogen (secondary N) is 1.